The molecule has 0 aromatic heterocycles. The second-order valence-corrected chi connectivity index (χ2v) is 9.03. The van der Waals surface area contributed by atoms with Crippen LogP contribution in [0.25, 0.3) is 0 Å². The first-order valence-corrected chi connectivity index (χ1v) is 12.7. The number of nitrogens with two attached hydrogens (primary N) is 1. The third-order valence-electron chi connectivity index (χ3n) is 6.29. The molecule has 4 N–H and O–H groups in total. The van der Waals surface area contributed by atoms with E-state index in [-0.39, 0.29) is 26.1 Å². The van der Waals surface area contributed by atoms with E-state index in [2.05, 4.69) is 10.3 Å². The minimum Gasteiger partial charge on any atom is -0.383 e. The van der Waals surface area contributed by atoms with Crippen LogP contribution in [0.2, 0.25) is 0 Å². The second-order valence-electron chi connectivity index (χ2n) is 9.03. The zero-order chi connectivity index (χ0) is 29.6. The molecular formula is C27H32F3N5O5. The molecule has 0 spiro atoms. The van der Waals surface area contributed by atoms with Gasteiger partial charge in [-0.3, -0.25) is 19.4 Å². The molecule has 1 saturated heterocycles. The number of aliphatic imine (C=N–C) groups is 1. The zero-order valence-corrected chi connectivity index (χ0v) is 22.4. The van der Waals surface area contributed by atoms with Gasteiger partial charge in [0, 0.05) is 30.0 Å². The maximum absolute atomic E-state index is 13.1. The highest BCUT2D eigenvalue weighted by Gasteiger charge is 2.39. The number of anilines is 2. The first kappa shape index (κ1) is 30.6. The van der Waals surface area contributed by atoms with Crippen LogP contribution in [0, 0.1) is 6.92 Å². The van der Waals surface area contributed by atoms with E-state index < -0.39 is 36.7 Å². The van der Waals surface area contributed by atoms with E-state index in [1.165, 1.54) is 17.0 Å². The summed E-state index contributed by atoms with van der Waals surface area (Å²) in [6.45, 7) is 4.57. The lowest BCUT2D eigenvalue weighted by Crippen LogP contribution is -2.55. The van der Waals surface area contributed by atoms with Crippen LogP contribution in [0.3, 0.4) is 0 Å². The highest BCUT2D eigenvalue weighted by molar-refractivity contribution is 6.05. The van der Waals surface area contributed by atoms with Crippen molar-refractivity contribution >= 4 is 35.4 Å². The molecule has 2 heterocycles. The molecule has 2 atom stereocenters. The molecule has 2 aromatic rings. The van der Waals surface area contributed by atoms with Gasteiger partial charge in [0.25, 0.3) is 11.8 Å². The average molecular weight is 564 g/mol. The smallest absolute Gasteiger partial charge is 0.383 e. The Kier molecular flexibility index (Phi) is 9.88. The van der Waals surface area contributed by atoms with Crippen molar-refractivity contribution in [3.05, 3.63) is 58.7 Å². The van der Waals surface area contributed by atoms with Crippen LogP contribution in [-0.2, 0) is 32.2 Å². The Balaban J connectivity index is 0.00000216. The molecule has 0 radical (unpaired) electrons. The molecule has 40 heavy (non-hydrogen) atoms. The van der Waals surface area contributed by atoms with Crippen LogP contribution in [0.5, 0.6) is 0 Å². The summed E-state index contributed by atoms with van der Waals surface area (Å²) in [4.78, 5) is 43.0. The largest absolute Gasteiger partial charge is 0.406 e. The first-order chi connectivity index (χ1) is 19.0. The van der Waals surface area contributed by atoms with Gasteiger partial charge in [0.05, 0.1) is 13.2 Å². The van der Waals surface area contributed by atoms with Gasteiger partial charge < -0.3 is 30.7 Å². The number of aliphatic hydroxyl groups is 1. The van der Waals surface area contributed by atoms with E-state index in [9.17, 15) is 32.7 Å². The summed E-state index contributed by atoms with van der Waals surface area (Å²) in [5.41, 5.74) is 9.24. The fourth-order valence-corrected chi connectivity index (χ4v) is 4.35. The van der Waals surface area contributed by atoms with Crippen molar-refractivity contribution in [3.8, 4) is 0 Å². The molecule has 10 nitrogen and oxygen atoms in total. The summed E-state index contributed by atoms with van der Waals surface area (Å²) in [7, 11) is 0. The van der Waals surface area contributed by atoms with Gasteiger partial charge in [-0.1, -0.05) is 19.9 Å². The third kappa shape index (κ3) is 7.16. The molecule has 2 aliphatic rings. The van der Waals surface area contributed by atoms with Crippen LogP contribution in [0.4, 0.5) is 24.5 Å². The Bertz CT molecular complexity index is 1280. The number of amides is 3. The number of aliphatic hydroxyl groups excluding tert-OH is 1. The third-order valence-corrected chi connectivity index (χ3v) is 6.29. The zero-order valence-electron chi connectivity index (χ0n) is 22.4. The molecule has 0 saturated carbocycles. The number of carbonyl (C=O) groups excluding carboxylic acids is 3. The highest BCUT2D eigenvalue weighted by Crippen LogP contribution is 2.26. The molecular weight excluding hydrogens is 531 g/mol. The van der Waals surface area contributed by atoms with Gasteiger partial charge in [0.2, 0.25) is 6.41 Å². The number of benzene rings is 2. The Morgan fingerprint density at radius 3 is 2.67 bits per heavy atom. The van der Waals surface area contributed by atoms with Crippen LogP contribution >= 0.6 is 0 Å². The number of carbonyl (C=O) groups is 3. The standard InChI is InChI=1S/C25H26F3N5O5.C2H6/c1-14-8-18(4-2-15(14)11-32(13-34)12-25(26,27)28)33-6-7-38-21(24(33)37)20(35)23(36)31-17-3-5-19-16(9-17)10-30-22(19)29;1-2/h2-5,8-9,13,20-21,35H,6-7,10-12H2,1H3,(H2,29,30)(H,31,36);1-2H3. The Morgan fingerprint density at radius 2 is 2.02 bits per heavy atom. The van der Waals surface area contributed by atoms with Crippen molar-refractivity contribution in [2.45, 2.75) is 52.2 Å². The summed E-state index contributed by atoms with van der Waals surface area (Å²) in [6, 6.07) is 9.65. The molecule has 2 aliphatic heterocycles. The van der Waals surface area contributed by atoms with Gasteiger partial charge in [-0.05, 0) is 53.9 Å². The van der Waals surface area contributed by atoms with Crippen molar-refractivity contribution in [3.63, 3.8) is 0 Å². The quantitative estimate of drug-likeness (QED) is 0.422. The average Bonchev–Trinajstić information content (AvgIpc) is 3.29. The van der Waals surface area contributed by atoms with Crippen molar-refractivity contribution in [1.82, 2.24) is 4.90 Å². The molecule has 3 amide bonds. The fraction of sp³-hybridized carbons (Fsp3) is 0.407. The number of halogens is 3. The lowest BCUT2D eigenvalue weighted by molar-refractivity contribution is -0.155. The van der Waals surface area contributed by atoms with Crippen molar-refractivity contribution < 1.29 is 37.4 Å². The van der Waals surface area contributed by atoms with E-state index in [1.807, 2.05) is 13.8 Å². The van der Waals surface area contributed by atoms with E-state index in [0.717, 1.165) is 11.1 Å². The van der Waals surface area contributed by atoms with Crippen LogP contribution < -0.4 is 16.0 Å². The predicted octanol–water partition coefficient (Wildman–Crippen LogP) is 2.49. The number of hydrogen-bond donors (Lipinski definition) is 3. The van der Waals surface area contributed by atoms with E-state index in [1.54, 1.807) is 31.2 Å². The second kappa shape index (κ2) is 12.9. The lowest BCUT2D eigenvalue weighted by atomic mass is 10.0. The van der Waals surface area contributed by atoms with Crippen molar-refractivity contribution in [2.75, 3.05) is 29.9 Å². The lowest BCUT2D eigenvalue weighted by Gasteiger charge is -2.34. The fourth-order valence-electron chi connectivity index (χ4n) is 4.35. The van der Waals surface area contributed by atoms with Gasteiger partial charge >= 0.3 is 6.18 Å². The molecule has 216 valence electrons. The molecule has 13 heteroatoms. The number of morpholine rings is 1. The maximum Gasteiger partial charge on any atom is 0.406 e. The predicted molar refractivity (Wildman–Crippen MR) is 143 cm³/mol. The number of fused-ring (bicyclic) bond motifs is 1. The van der Waals surface area contributed by atoms with Crippen LogP contribution in [0.15, 0.2) is 41.4 Å². The number of alkyl halides is 3. The number of nitrogens with zero attached hydrogens (tertiary/aromatic N) is 3. The summed E-state index contributed by atoms with van der Waals surface area (Å²) >= 11 is 0. The molecule has 2 unspecified atom stereocenters. The Morgan fingerprint density at radius 1 is 1.30 bits per heavy atom. The first-order valence-electron chi connectivity index (χ1n) is 12.7. The Labute approximate surface area is 229 Å². The molecule has 4 rings (SSSR count). The van der Waals surface area contributed by atoms with Crippen LogP contribution in [0.1, 0.15) is 36.1 Å². The number of nitrogens with one attached hydrogen (secondary N) is 1. The number of aryl methyl sites for hydroxylation is 1. The van der Waals surface area contributed by atoms with Gasteiger partial charge in [0.1, 0.15) is 12.4 Å². The van der Waals surface area contributed by atoms with E-state index >= 15 is 0 Å². The van der Waals surface area contributed by atoms with E-state index in [0.29, 0.717) is 39.8 Å². The van der Waals surface area contributed by atoms with Crippen molar-refractivity contribution in [2.24, 2.45) is 10.7 Å². The summed E-state index contributed by atoms with van der Waals surface area (Å²) < 4.78 is 43.5. The van der Waals surface area contributed by atoms with Gasteiger partial charge in [0.15, 0.2) is 12.2 Å². The number of hydrogen-bond acceptors (Lipinski definition) is 7. The number of rotatable bonds is 8. The van der Waals surface area contributed by atoms with E-state index in [4.69, 9.17) is 10.5 Å². The normalized spacial score (nSPS) is 17.3. The summed E-state index contributed by atoms with van der Waals surface area (Å²) in [5, 5.41) is 13.2. The molecule has 2 aromatic carbocycles. The van der Waals surface area contributed by atoms with Gasteiger partial charge in [-0.25, -0.2) is 0 Å². The minimum absolute atomic E-state index is 0.0432. The molecule has 1 fully saturated rings. The molecule has 0 aliphatic carbocycles. The van der Waals surface area contributed by atoms with Gasteiger partial charge in [-0.2, -0.15) is 13.2 Å². The topological polar surface area (TPSA) is 138 Å². The molecule has 0 bridgehead atoms. The maximum atomic E-state index is 13.1. The van der Waals surface area contributed by atoms with Gasteiger partial charge in [-0.15, -0.1) is 0 Å². The summed E-state index contributed by atoms with van der Waals surface area (Å²) in [5.74, 6) is -1.07. The SMILES string of the molecule is CC.Cc1cc(N2CCOC(C(O)C(=O)Nc3ccc4c(c3)CN=C4N)C2=O)ccc1CN(C=O)CC(F)(F)F. The monoisotopic (exact) mass is 563 g/mol. The number of amidine groups is 1. The number of ether oxygens (including phenoxy) is 1. The summed E-state index contributed by atoms with van der Waals surface area (Å²) in [6.07, 6.45) is -7.66. The highest BCUT2D eigenvalue weighted by atomic mass is 19.4. The van der Waals surface area contributed by atoms with Crippen molar-refractivity contribution in [1.29, 1.82) is 0 Å². The minimum atomic E-state index is -4.53. The Hall–Kier alpha value is -3.97. The van der Waals surface area contributed by atoms with Crippen LogP contribution in [-0.4, -0.2) is 72.1 Å².